The summed E-state index contributed by atoms with van der Waals surface area (Å²) in [6.45, 7) is 3.95. The van der Waals surface area contributed by atoms with Crippen LogP contribution in [0.15, 0.2) is 59.6 Å². The summed E-state index contributed by atoms with van der Waals surface area (Å²) in [5, 5.41) is 6.45. The minimum atomic E-state index is -0.232. The molecule has 2 aromatic rings. The number of benzene rings is 2. The van der Waals surface area contributed by atoms with Crippen LogP contribution in [0.4, 0.5) is 4.39 Å². The highest BCUT2D eigenvalue weighted by atomic mass is 19.1. The highest BCUT2D eigenvalue weighted by Gasteiger charge is 1.99. The van der Waals surface area contributed by atoms with Gasteiger partial charge in [0.05, 0.1) is 6.54 Å². The van der Waals surface area contributed by atoms with Gasteiger partial charge in [0.25, 0.3) is 0 Å². The third-order valence-corrected chi connectivity index (χ3v) is 2.96. The summed E-state index contributed by atoms with van der Waals surface area (Å²) in [6.07, 6.45) is 0. The lowest BCUT2D eigenvalue weighted by Crippen LogP contribution is -2.36. The fourth-order valence-electron chi connectivity index (χ4n) is 1.93. The summed E-state index contributed by atoms with van der Waals surface area (Å²) in [5.74, 6) is 0.496. The Bertz CT molecular complexity index is 582. The molecule has 0 atom stereocenters. The van der Waals surface area contributed by atoms with Crippen LogP contribution < -0.4 is 10.6 Å². The first-order chi connectivity index (χ1) is 10.3. The molecule has 0 radical (unpaired) electrons. The van der Waals surface area contributed by atoms with E-state index < -0.39 is 0 Å². The highest BCUT2D eigenvalue weighted by molar-refractivity contribution is 5.79. The number of guanidine groups is 1. The highest BCUT2D eigenvalue weighted by Crippen LogP contribution is 2.04. The third-order valence-electron chi connectivity index (χ3n) is 2.96. The third kappa shape index (κ3) is 5.26. The Morgan fingerprint density at radius 3 is 2.48 bits per heavy atom. The van der Waals surface area contributed by atoms with Crippen LogP contribution in [0.1, 0.15) is 18.1 Å². The zero-order valence-electron chi connectivity index (χ0n) is 12.1. The van der Waals surface area contributed by atoms with Crippen molar-refractivity contribution in [3.63, 3.8) is 0 Å². The lowest BCUT2D eigenvalue weighted by Gasteiger charge is -2.11. The van der Waals surface area contributed by atoms with E-state index in [9.17, 15) is 4.39 Å². The number of aliphatic imine (C=N–C) groups is 1. The van der Waals surface area contributed by atoms with E-state index in [1.54, 1.807) is 6.07 Å². The molecule has 0 unspecified atom stereocenters. The van der Waals surface area contributed by atoms with Crippen LogP contribution in [-0.4, -0.2) is 12.5 Å². The SMILES string of the molecule is CCNC(=NCc1cccc(F)c1)NCc1ccccc1. The first-order valence-electron chi connectivity index (χ1n) is 7.08. The Morgan fingerprint density at radius 2 is 1.76 bits per heavy atom. The van der Waals surface area contributed by atoms with E-state index in [0.717, 1.165) is 18.1 Å². The largest absolute Gasteiger partial charge is 0.357 e. The maximum Gasteiger partial charge on any atom is 0.191 e. The summed E-state index contributed by atoms with van der Waals surface area (Å²) in [4.78, 5) is 4.47. The molecule has 3 nitrogen and oxygen atoms in total. The van der Waals surface area contributed by atoms with Crippen molar-refractivity contribution in [1.29, 1.82) is 0 Å². The van der Waals surface area contributed by atoms with Crippen LogP contribution in [-0.2, 0) is 13.1 Å². The predicted molar refractivity (Wildman–Crippen MR) is 84.5 cm³/mol. The molecule has 0 saturated heterocycles. The molecule has 0 aliphatic rings. The normalized spacial score (nSPS) is 11.2. The van der Waals surface area contributed by atoms with E-state index >= 15 is 0 Å². The van der Waals surface area contributed by atoms with Crippen LogP contribution in [0.2, 0.25) is 0 Å². The van der Waals surface area contributed by atoms with Crippen molar-refractivity contribution in [3.8, 4) is 0 Å². The molecule has 2 aromatic carbocycles. The second-order valence-electron chi connectivity index (χ2n) is 4.66. The average molecular weight is 285 g/mol. The standard InChI is InChI=1S/C17H20FN3/c1-2-19-17(20-12-14-7-4-3-5-8-14)21-13-15-9-6-10-16(18)11-15/h3-11H,2,12-13H2,1H3,(H2,19,20,21). The number of hydrogen-bond acceptors (Lipinski definition) is 1. The molecule has 0 saturated carbocycles. The van der Waals surface area contributed by atoms with Crippen LogP contribution in [0.25, 0.3) is 0 Å². The van der Waals surface area contributed by atoms with Crippen LogP contribution in [0, 0.1) is 5.82 Å². The van der Waals surface area contributed by atoms with E-state index in [1.165, 1.54) is 17.7 Å². The van der Waals surface area contributed by atoms with E-state index in [1.807, 2.05) is 31.2 Å². The van der Waals surface area contributed by atoms with Crippen LogP contribution >= 0.6 is 0 Å². The van der Waals surface area contributed by atoms with Gasteiger partial charge in [-0.15, -0.1) is 0 Å². The Morgan fingerprint density at radius 1 is 1.00 bits per heavy atom. The van der Waals surface area contributed by atoms with Gasteiger partial charge in [0.1, 0.15) is 5.82 Å². The smallest absolute Gasteiger partial charge is 0.191 e. The van der Waals surface area contributed by atoms with Gasteiger partial charge in [0.2, 0.25) is 0 Å². The quantitative estimate of drug-likeness (QED) is 0.654. The van der Waals surface area contributed by atoms with Gasteiger partial charge in [-0.2, -0.15) is 0 Å². The molecule has 0 heterocycles. The van der Waals surface area contributed by atoms with Gasteiger partial charge in [-0.05, 0) is 30.2 Å². The van der Waals surface area contributed by atoms with E-state index in [2.05, 4.69) is 27.8 Å². The minimum absolute atomic E-state index is 0.232. The maximum absolute atomic E-state index is 13.1. The zero-order valence-corrected chi connectivity index (χ0v) is 12.1. The maximum atomic E-state index is 13.1. The lowest BCUT2D eigenvalue weighted by atomic mass is 10.2. The summed E-state index contributed by atoms with van der Waals surface area (Å²) < 4.78 is 13.1. The zero-order chi connectivity index (χ0) is 14.9. The molecule has 2 N–H and O–H groups in total. The van der Waals surface area contributed by atoms with Crippen molar-refractivity contribution < 1.29 is 4.39 Å². The number of rotatable bonds is 5. The van der Waals surface area contributed by atoms with Gasteiger partial charge in [0.15, 0.2) is 5.96 Å². The molecule has 0 fully saturated rings. The van der Waals surface area contributed by atoms with E-state index in [0.29, 0.717) is 13.1 Å². The second kappa shape index (κ2) is 8.04. The van der Waals surface area contributed by atoms with Crippen molar-refractivity contribution in [3.05, 3.63) is 71.5 Å². The first-order valence-corrected chi connectivity index (χ1v) is 7.08. The van der Waals surface area contributed by atoms with Gasteiger partial charge in [-0.3, -0.25) is 0 Å². The molecule has 2 rings (SSSR count). The molecule has 4 heteroatoms. The molecule has 0 aliphatic carbocycles. The van der Waals surface area contributed by atoms with Crippen molar-refractivity contribution >= 4 is 5.96 Å². The van der Waals surface area contributed by atoms with Gasteiger partial charge >= 0.3 is 0 Å². The molecule has 110 valence electrons. The molecule has 0 aromatic heterocycles. The van der Waals surface area contributed by atoms with Gasteiger partial charge in [-0.1, -0.05) is 42.5 Å². The summed E-state index contributed by atoms with van der Waals surface area (Å²) in [6, 6.07) is 16.6. The second-order valence-corrected chi connectivity index (χ2v) is 4.66. The predicted octanol–water partition coefficient (Wildman–Crippen LogP) is 3.08. The fourth-order valence-corrected chi connectivity index (χ4v) is 1.93. The van der Waals surface area contributed by atoms with Crippen LogP contribution in [0.5, 0.6) is 0 Å². The lowest BCUT2D eigenvalue weighted by molar-refractivity contribution is 0.625. The number of nitrogens with zero attached hydrogens (tertiary/aromatic N) is 1. The summed E-state index contributed by atoms with van der Waals surface area (Å²) in [7, 11) is 0. The fraction of sp³-hybridized carbons (Fsp3) is 0.235. The summed E-state index contributed by atoms with van der Waals surface area (Å²) in [5.41, 5.74) is 2.04. The van der Waals surface area contributed by atoms with Gasteiger partial charge in [0, 0.05) is 13.1 Å². The molecule has 0 amide bonds. The molecular weight excluding hydrogens is 265 g/mol. The number of hydrogen-bond donors (Lipinski definition) is 2. The monoisotopic (exact) mass is 285 g/mol. The summed E-state index contributed by atoms with van der Waals surface area (Å²) >= 11 is 0. The average Bonchev–Trinajstić information content (AvgIpc) is 2.51. The van der Waals surface area contributed by atoms with Crippen molar-refractivity contribution in [1.82, 2.24) is 10.6 Å². The molecule has 21 heavy (non-hydrogen) atoms. The van der Waals surface area contributed by atoms with Crippen molar-refractivity contribution in [2.45, 2.75) is 20.0 Å². The van der Waals surface area contributed by atoms with Crippen LogP contribution in [0.3, 0.4) is 0 Å². The Labute approximate surface area is 124 Å². The minimum Gasteiger partial charge on any atom is -0.357 e. The van der Waals surface area contributed by atoms with Crippen molar-refractivity contribution in [2.24, 2.45) is 4.99 Å². The number of halogens is 1. The topological polar surface area (TPSA) is 36.4 Å². The molecule has 0 spiro atoms. The number of nitrogens with one attached hydrogen (secondary N) is 2. The Balaban J connectivity index is 1.96. The van der Waals surface area contributed by atoms with Crippen molar-refractivity contribution in [2.75, 3.05) is 6.54 Å². The van der Waals surface area contributed by atoms with E-state index in [-0.39, 0.29) is 5.82 Å². The molecule has 0 bridgehead atoms. The molecule has 0 aliphatic heterocycles. The molecular formula is C17H20FN3. The van der Waals surface area contributed by atoms with E-state index in [4.69, 9.17) is 0 Å². The Hall–Kier alpha value is -2.36. The first kappa shape index (κ1) is 15.0. The van der Waals surface area contributed by atoms with Gasteiger partial charge < -0.3 is 10.6 Å². The Kier molecular flexibility index (Phi) is 5.76. The van der Waals surface area contributed by atoms with Gasteiger partial charge in [-0.25, -0.2) is 9.38 Å².